The summed E-state index contributed by atoms with van der Waals surface area (Å²) in [5, 5.41) is 18.2. The van der Waals surface area contributed by atoms with E-state index < -0.39 is 5.60 Å². The summed E-state index contributed by atoms with van der Waals surface area (Å²) in [6, 6.07) is 0. The van der Waals surface area contributed by atoms with E-state index in [4.69, 9.17) is 14.6 Å². The number of hydrogen-bond acceptors (Lipinski definition) is 4. The van der Waals surface area contributed by atoms with E-state index in [0.29, 0.717) is 13.2 Å². The second-order valence-electron chi connectivity index (χ2n) is 4.73. The van der Waals surface area contributed by atoms with Crippen molar-refractivity contribution in [3.8, 4) is 0 Å². The summed E-state index contributed by atoms with van der Waals surface area (Å²) >= 11 is 0. The van der Waals surface area contributed by atoms with Crippen molar-refractivity contribution in [1.82, 2.24) is 0 Å². The Bertz CT molecular complexity index is 176. The molecule has 2 N–H and O–H groups in total. The lowest BCUT2D eigenvalue weighted by Gasteiger charge is -2.24. The molecule has 0 aromatic rings. The molecule has 90 valence electrons. The van der Waals surface area contributed by atoms with Gasteiger partial charge < -0.3 is 19.7 Å². The zero-order valence-electron chi connectivity index (χ0n) is 9.61. The van der Waals surface area contributed by atoms with E-state index in [9.17, 15) is 5.11 Å². The van der Waals surface area contributed by atoms with E-state index in [1.165, 1.54) is 0 Å². The third-order valence-electron chi connectivity index (χ3n) is 2.47. The van der Waals surface area contributed by atoms with E-state index >= 15 is 0 Å². The SMILES string of the molecule is CC(C)(O)COC1CCCC1OCCO. The van der Waals surface area contributed by atoms with Crippen LogP contribution in [0.3, 0.4) is 0 Å². The standard InChI is InChI=1S/C11H22O4/c1-11(2,13)8-15-10-5-3-4-9(10)14-7-6-12/h9-10,12-13H,3-8H2,1-2H3. The van der Waals surface area contributed by atoms with Crippen LogP contribution in [0.4, 0.5) is 0 Å². The van der Waals surface area contributed by atoms with Gasteiger partial charge in [-0.2, -0.15) is 0 Å². The van der Waals surface area contributed by atoms with Crippen molar-refractivity contribution in [2.24, 2.45) is 0 Å². The Hall–Kier alpha value is -0.160. The van der Waals surface area contributed by atoms with Crippen LogP contribution in [-0.2, 0) is 9.47 Å². The number of hydrogen-bond donors (Lipinski definition) is 2. The summed E-state index contributed by atoms with van der Waals surface area (Å²) in [6.45, 7) is 4.20. The topological polar surface area (TPSA) is 58.9 Å². The maximum absolute atomic E-state index is 9.53. The van der Waals surface area contributed by atoms with Gasteiger partial charge in [0.2, 0.25) is 0 Å². The molecule has 1 aliphatic rings. The molecule has 0 saturated heterocycles. The summed E-state index contributed by atoms with van der Waals surface area (Å²) in [5.41, 5.74) is -0.788. The third kappa shape index (κ3) is 4.93. The average Bonchev–Trinajstić information content (AvgIpc) is 2.57. The highest BCUT2D eigenvalue weighted by Gasteiger charge is 2.30. The Morgan fingerprint density at radius 3 is 2.33 bits per heavy atom. The van der Waals surface area contributed by atoms with Gasteiger partial charge in [0.05, 0.1) is 37.6 Å². The van der Waals surface area contributed by atoms with Crippen molar-refractivity contribution in [3.63, 3.8) is 0 Å². The highest BCUT2D eigenvalue weighted by molar-refractivity contribution is 4.80. The quantitative estimate of drug-likeness (QED) is 0.689. The molecule has 0 bridgehead atoms. The molecule has 2 unspecified atom stereocenters. The first-order valence-electron chi connectivity index (χ1n) is 5.59. The molecule has 0 heterocycles. The molecular formula is C11H22O4. The van der Waals surface area contributed by atoms with Gasteiger partial charge in [0.15, 0.2) is 0 Å². The zero-order valence-corrected chi connectivity index (χ0v) is 9.61. The Morgan fingerprint density at radius 2 is 1.80 bits per heavy atom. The molecule has 4 heteroatoms. The van der Waals surface area contributed by atoms with Crippen LogP contribution in [0.15, 0.2) is 0 Å². The van der Waals surface area contributed by atoms with Gasteiger partial charge in [-0.1, -0.05) is 0 Å². The Balaban J connectivity index is 2.27. The summed E-state index contributed by atoms with van der Waals surface area (Å²) in [7, 11) is 0. The van der Waals surface area contributed by atoms with Gasteiger partial charge in [0.25, 0.3) is 0 Å². The first-order valence-corrected chi connectivity index (χ1v) is 5.59. The van der Waals surface area contributed by atoms with Crippen LogP contribution >= 0.6 is 0 Å². The molecule has 2 atom stereocenters. The maximum Gasteiger partial charge on any atom is 0.0838 e. The van der Waals surface area contributed by atoms with Crippen molar-refractivity contribution in [1.29, 1.82) is 0 Å². The molecule has 0 aliphatic heterocycles. The summed E-state index contributed by atoms with van der Waals surface area (Å²) in [4.78, 5) is 0. The minimum Gasteiger partial charge on any atom is -0.394 e. The maximum atomic E-state index is 9.53. The Kier molecular flexibility index (Phi) is 4.99. The fourth-order valence-corrected chi connectivity index (χ4v) is 1.79. The lowest BCUT2D eigenvalue weighted by molar-refractivity contribution is -0.101. The van der Waals surface area contributed by atoms with Crippen molar-refractivity contribution < 1.29 is 19.7 Å². The van der Waals surface area contributed by atoms with E-state index in [2.05, 4.69) is 0 Å². The summed E-state index contributed by atoms with van der Waals surface area (Å²) < 4.78 is 11.1. The second-order valence-corrected chi connectivity index (χ2v) is 4.73. The second kappa shape index (κ2) is 5.80. The molecule has 1 saturated carbocycles. The normalized spacial score (nSPS) is 27.2. The molecule has 1 aliphatic carbocycles. The minimum atomic E-state index is -0.788. The van der Waals surface area contributed by atoms with Gasteiger partial charge in [-0.3, -0.25) is 0 Å². The van der Waals surface area contributed by atoms with Crippen LogP contribution in [-0.4, -0.2) is 47.8 Å². The lowest BCUT2D eigenvalue weighted by atomic mass is 10.1. The molecule has 4 nitrogen and oxygen atoms in total. The summed E-state index contributed by atoms with van der Waals surface area (Å²) in [6.07, 6.45) is 3.21. The highest BCUT2D eigenvalue weighted by Crippen LogP contribution is 2.25. The zero-order chi connectivity index (χ0) is 11.3. The number of aliphatic hydroxyl groups excluding tert-OH is 1. The average molecular weight is 218 g/mol. The summed E-state index contributed by atoms with van der Waals surface area (Å²) in [5.74, 6) is 0. The molecule has 0 spiro atoms. The minimum absolute atomic E-state index is 0.0503. The molecule has 1 fully saturated rings. The van der Waals surface area contributed by atoms with Crippen LogP contribution in [0.5, 0.6) is 0 Å². The predicted octanol–water partition coefficient (Wildman–Crippen LogP) is 0.704. The smallest absolute Gasteiger partial charge is 0.0838 e. The van der Waals surface area contributed by atoms with Gasteiger partial charge in [-0.05, 0) is 33.1 Å². The van der Waals surface area contributed by atoms with Crippen LogP contribution in [0, 0.1) is 0 Å². The van der Waals surface area contributed by atoms with Crippen LogP contribution in [0.2, 0.25) is 0 Å². The molecule has 0 aromatic carbocycles. The van der Waals surface area contributed by atoms with Crippen molar-refractivity contribution >= 4 is 0 Å². The molecule has 0 amide bonds. The van der Waals surface area contributed by atoms with E-state index in [0.717, 1.165) is 19.3 Å². The fourth-order valence-electron chi connectivity index (χ4n) is 1.79. The van der Waals surface area contributed by atoms with E-state index in [1.54, 1.807) is 13.8 Å². The Labute approximate surface area is 91.2 Å². The fraction of sp³-hybridized carbons (Fsp3) is 1.00. The monoisotopic (exact) mass is 218 g/mol. The van der Waals surface area contributed by atoms with Crippen LogP contribution in [0.1, 0.15) is 33.1 Å². The molecular weight excluding hydrogens is 196 g/mol. The van der Waals surface area contributed by atoms with E-state index in [-0.39, 0.29) is 18.8 Å². The van der Waals surface area contributed by atoms with Gasteiger partial charge >= 0.3 is 0 Å². The molecule has 0 aromatic heterocycles. The van der Waals surface area contributed by atoms with Crippen molar-refractivity contribution in [2.45, 2.75) is 50.9 Å². The molecule has 0 radical (unpaired) electrons. The molecule has 1 rings (SSSR count). The molecule has 15 heavy (non-hydrogen) atoms. The Morgan fingerprint density at radius 1 is 1.20 bits per heavy atom. The first-order chi connectivity index (χ1) is 7.03. The number of ether oxygens (including phenoxy) is 2. The van der Waals surface area contributed by atoms with Crippen LogP contribution in [0.25, 0.3) is 0 Å². The van der Waals surface area contributed by atoms with Gasteiger partial charge in [-0.25, -0.2) is 0 Å². The van der Waals surface area contributed by atoms with E-state index in [1.807, 2.05) is 0 Å². The largest absolute Gasteiger partial charge is 0.394 e. The number of rotatable bonds is 6. The van der Waals surface area contributed by atoms with Crippen LogP contribution < -0.4 is 0 Å². The van der Waals surface area contributed by atoms with Gasteiger partial charge in [-0.15, -0.1) is 0 Å². The predicted molar refractivity (Wildman–Crippen MR) is 56.7 cm³/mol. The first kappa shape index (κ1) is 12.9. The third-order valence-corrected chi connectivity index (χ3v) is 2.47. The van der Waals surface area contributed by atoms with Crippen molar-refractivity contribution in [3.05, 3.63) is 0 Å². The number of aliphatic hydroxyl groups is 2. The van der Waals surface area contributed by atoms with Gasteiger partial charge in [0, 0.05) is 0 Å². The van der Waals surface area contributed by atoms with Crippen molar-refractivity contribution in [2.75, 3.05) is 19.8 Å². The highest BCUT2D eigenvalue weighted by atomic mass is 16.5. The lowest BCUT2D eigenvalue weighted by Crippen LogP contribution is -2.34. The van der Waals surface area contributed by atoms with Gasteiger partial charge in [0.1, 0.15) is 0 Å².